The fraction of sp³-hybridized carbons (Fsp3) is 0.667. The maximum Gasteiger partial charge on any atom is 0.162 e. The molecule has 0 aromatic heterocycles. The van der Waals surface area contributed by atoms with E-state index in [4.69, 9.17) is 4.74 Å². The molecule has 0 amide bonds. The summed E-state index contributed by atoms with van der Waals surface area (Å²) >= 11 is 0. The molecule has 24 heavy (non-hydrogen) atoms. The van der Waals surface area contributed by atoms with Gasteiger partial charge in [0.1, 0.15) is 0 Å². The van der Waals surface area contributed by atoms with Crippen LogP contribution >= 0.6 is 24.8 Å². The highest BCUT2D eigenvalue weighted by atomic mass is 35.5. The first-order valence-corrected chi connectivity index (χ1v) is 8.62. The number of hydrogen-bond acceptors (Lipinski definition) is 4. The van der Waals surface area contributed by atoms with Crippen molar-refractivity contribution in [2.24, 2.45) is 5.92 Å². The van der Waals surface area contributed by atoms with Crippen LogP contribution < -0.4 is 10.1 Å². The Kier molecular flexibility index (Phi) is 9.21. The largest absolute Gasteiger partial charge is 0.504 e. The maximum absolute atomic E-state index is 10.7. The van der Waals surface area contributed by atoms with E-state index in [0.717, 1.165) is 31.7 Å². The molecule has 1 saturated carbocycles. The fourth-order valence-electron chi connectivity index (χ4n) is 4.10. The number of benzene rings is 1. The van der Waals surface area contributed by atoms with Crippen molar-refractivity contribution in [2.45, 2.75) is 38.1 Å². The van der Waals surface area contributed by atoms with Crippen molar-refractivity contribution in [3.63, 3.8) is 0 Å². The first kappa shape index (κ1) is 21.4. The van der Waals surface area contributed by atoms with Gasteiger partial charge >= 0.3 is 0 Å². The van der Waals surface area contributed by atoms with Crippen molar-refractivity contribution >= 4 is 24.8 Å². The number of methoxy groups -OCH3 is 1. The summed E-state index contributed by atoms with van der Waals surface area (Å²) in [5.74, 6) is 1.57. The van der Waals surface area contributed by atoms with E-state index in [1.165, 1.54) is 32.1 Å². The van der Waals surface area contributed by atoms with Crippen LogP contribution in [-0.2, 0) is 0 Å². The Hall–Kier alpha value is -0.680. The molecule has 1 aliphatic heterocycles. The highest BCUT2D eigenvalue weighted by Gasteiger charge is 2.33. The van der Waals surface area contributed by atoms with E-state index in [1.54, 1.807) is 7.11 Å². The molecule has 1 heterocycles. The minimum atomic E-state index is 0. The highest BCUT2D eigenvalue weighted by Crippen LogP contribution is 2.44. The van der Waals surface area contributed by atoms with Gasteiger partial charge < -0.3 is 15.2 Å². The summed E-state index contributed by atoms with van der Waals surface area (Å²) in [5.41, 5.74) is 1.05. The zero-order valence-corrected chi connectivity index (χ0v) is 16.0. The van der Waals surface area contributed by atoms with E-state index in [1.807, 2.05) is 12.1 Å². The van der Waals surface area contributed by atoms with Crippen LogP contribution in [-0.4, -0.2) is 43.3 Å². The van der Waals surface area contributed by atoms with Gasteiger partial charge in [-0.3, -0.25) is 4.90 Å². The number of ether oxygens (including phenoxy) is 1. The van der Waals surface area contributed by atoms with Crippen LogP contribution in [0.5, 0.6) is 11.5 Å². The number of phenolic OH excluding ortho intramolecular Hbond substituents is 1. The number of para-hydroxylation sites is 1. The van der Waals surface area contributed by atoms with Gasteiger partial charge in [0.2, 0.25) is 0 Å². The van der Waals surface area contributed by atoms with Crippen molar-refractivity contribution in [3.8, 4) is 11.5 Å². The van der Waals surface area contributed by atoms with Crippen molar-refractivity contribution in [3.05, 3.63) is 23.8 Å². The summed E-state index contributed by atoms with van der Waals surface area (Å²) < 4.78 is 5.33. The van der Waals surface area contributed by atoms with Gasteiger partial charge in [0, 0.05) is 37.8 Å². The number of phenols is 1. The third-order valence-corrected chi connectivity index (χ3v) is 5.21. The highest BCUT2D eigenvalue weighted by molar-refractivity contribution is 5.85. The zero-order chi connectivity index (χ0) is 15.4. The molecule has 1 aliphatic carbocycles. The Morgan fingerprint density at radius 2 is 1.79 bits per heavy atom. The fourth-order valence-corrected chi connectivity index (χ4v) is 4.10. The molecule has 2 fully saturated rings. The molecule has 0 radical (unpaired) electrons. The number of piperazine rings is 1. The van der Waals surface area contributed by atoms with Crippen molar-refractivity contribution < 1.29 is 9.84 Å². The van der Waals surface area contributed by atoms with Crippen molar-refractivity contribution in [1.82, 2.24) is 10.2 Å². The quantitative estimate of drug-likeness (QED) is 0.839. The average Bonchev–Trinajstić information content (AvgIpc) is 2.59. The Morgan fingerprint density at radius 3 is 2.42 bits per heavy atom. The second-order valence-corrected chi connectivity index (χ2v) is 6.53. The molecular formula is C18H30Cl2N2O2. The molecule has 1 aromatic rings. The number of nitrogens with zero attached hydrogens (tertiary/aromatic N) is 1. The van der Waals surface area contributed by atoms with Crippen LogP contribution in [0.3, 0.4) is 0 Å². The van der Waals surface area contributed by atoms with Crippen LogP contribution in [0.4, 0.5) is 0 Å². The molecule has 138 valence electrons. The van der Waals surface area contributed by atoms with Gasteiger partial charge in [0.15, 0.2) is 11.5 Å². The third kappa shape index (κ3) is 4.69. The SMILES string of the molecule is COc1cccc([C@H](C2CCCCC2)N2CCNCC2)c1O.Cl.Cl. The molecule has 1 atom stereocenters. The molecule has 6 heteroatoms. The van der Waals surface area contributed by atoms with Gasteiger partial charge in [-0.05, 0) is 24.8 Å². The first-order valence-electron chi connectivity index (χ1n) is 8.62. The Morgan fingerprint density at radius 1 is 1.12 bits per heavy atom. The predicted molar refractivity (Wildman–Crippen MR) is 103 cm³/mol. The van der Waals surface area contributed by atoms with Crippen LogP contribution in [0.25, 0.3) is 0 Å². The molecule has 1 saturated heterocycles. The summed E-state index contributed by atoms with van der Waals surface area (Å²) in [7, 11) is 1.62. The third-order valence-electron chi connectivity index (χ3n) is 5.21. The Bertz CT molecular complexity index is 472. The minimum Gasteiger partial charge on any atom is -0.504 e. The molecule has 0 spiro atoms. The number of nitrogens with one attached hydrogen (secondary N) is 1. The minimum absolute atomic E-state index is 0. The smallest absolute Gasteiger partial charge is 0.162 e. The second kappa shape index (κ2) is 10.3. The van der Waals surface area contributed by atoms with E-state index in [-0.39, 0.29) is 24.8 Å². The lowest BCUT2D eigenvalue weighted by Gasteiger charge is -2.41. The molecule has 0 unspecified atom stereocenters. The monoisotopic (exact) mass is 376 g/mol. The van der Waals surface area contributed by atoms with Gasteiger partial charge in [0.05, 0.1) is 7.11 Å². The average molecular weight is 377 g/mol. The van der Waals surface area contributed by atoms with Gasteiger partial charge in [-0.1, -0.05) is 31.4 Å². The number of hydrogen-bond donors (Lipinski definition) is 2. The zero-order valence-electron chi connectivity index (χ0n) is 14.4. The standard InChI is InChI=1S/C18H28N2O2.2ClH/c1-22-16-9-5-8-15(18(16)21)17(14-6-3-2-4-7-14)20-12-10-19-11-13-20;;/h5,8-9,14,17,19,21H,2-4,6-7,10-13H2,1H3;2*1H/t17-;;/m0../s1. The van der Waals surface area contributed by atoms with Crippen LogP contribution in [0.15, 0.2) is 18.2 Å². The summed E-state index contributed by atoms with van der Waals surface area (Å²) in [5, 5.41) is 14.1. The van der Waals surface area contributed by atoms with Gasteiger partial charge in [0.25, 0.3) is 0 Å². The van der Waals surface area contributed by atoms with Gasteiger partial charge in [-0.2, -0.15) is 0 Å². The van der Waals surface area contributed by atoms with Crippen molar-refractivity contribution in [2.75, 3.05) is 33.3 Å². The van der Waals surface area contributed by atoms with E-state index in [0.29, 0.717) is 23.5 Å². The van der Waals surface area contributed by atoms with Crippen LogP contribution in [0, 0.1) is 5.92 Å². The topological polar surface area (TPSA) is 44.7 Å². The summed E-state index contributed by atoms with van der Waals surface area (Å²) in [6, 6.07) is 6.25. The molecule has 0 bridgehead atoms. The van der Waals surface area contributed by atoms with Crippen LogP contribution in [0.2, 0.25) is 0 Å². The van der Waals surface area contributed by atoms with Crippen LogP contribution in [0.1, 0.15) is 43.7 Å². The maximum atomic E-state index is 10.7. The summed E-state index contributed by atoms with van der Waals surface area (Å²) in [4.78, 5) is 2.56. The van der Waals surface area contributed by atoms with E-state index in [9.17, 15) is 5.11 Å². The van der Waals surface area contributed by atoms with E-state index in [2.05, 4.69) is 16.3 Å². The number of aromatic hydroxyl groups is 1. The van der Waals surface area contributed by atoms with E-state index < -0.39 is 0 Å². The molecule has 3 rings (SSSR count). The van der Waals surface area contributed by atoms with E-state index >= 15 is 0 Å². The Labute approximate surface area is 157 Å². The normalized spacial score (nSPS) is 20.5. The van der Waals surface area contributed by atoms with Gasteiger partial charge in [-0.25, -0.2) is 0 Å². The lowest BCUT2D eigenvalue weighted by Crippen LogP contribution is -2.47. The first-order chi connectivity index (χ1) is 10.8. The summed E-state index contributed by atoms with van der Waals surface area (Å²) in [6.07, 6.45) is 6.53. The lowest BCUT2D eigenvalue weighted by molar-refractivity contribution is 0.101. The molecule has 2 N–H and O–H groups in total. The summed E-state index contributed by atoms with van der Waals surface area (Å²) in [6.45, 7) is 4.18. The van der Waals surface area contributed by atoms with Gasteiger partial charge in [-0.15, -0.1) is 24.8 Å². The molecular weight excluding hydrogens is 347 g/mol. The lowest BCUT2D eigenvalue weighted by atomic mass is 9.80. The molecule has 1 aromatic carbocycles. The predicted octanol–water partition coefficient (Wildman–Crippen LogP) is 3.77. The van der Waals surface area contributed by atoms with Crippen molar-refractivity contribution in [1.29, 1.82) is 0 Å². The molecule has 2 aliphatic rings. The second-order valence-electron chi connectivity index (χ2n) is 6.53. The number of halogens is 2. The Balaban J connectivity index is 0.00000144. The number of rotatable bonds is 4. The molecule has 4 nitrogen and oxygen atoms in total.